The van der Waals surface area contributed by atoms with Crippen molar-refractivity contribution in [1.29, 1.82) is 0 Å². The maximum atomic E-state index is 5.30. The minimum Gasteiger partial charge on any atom is -0.291 e. The Morgan fingerprint density at radius 2 is 1.64 bits per heavy atom. The molecule has 0 saturated heterocycles. The average Bonchev–Trinajstić information content (AvgIpc) is 1.88. The van der Waals surface area contributed by atoms with Crippen LogP contribution in [0.5, 0.6) is 0 Å². The molecular formula is C6H7Cl3N2. The Kier molecular flexibility index (Phi) is 5.42. The summed E-state index contributed by atoms with van der Waals surface area (Å²) in [7, 11) is 0. The molecule has 0 spiro atoms. The first-order chi connectivity index (χ1) is 4.79. The third-order valence-electron chi connectivity index (χ3n) is 0.987. The Balaban J connectivity index is 0.000001000. The Bertz CT molecular complexity index is 190. The molecule has 62 valence electrons. The van der Waals surface area contributed by atoms with Crippen LogP contribution in [0.3, 0.4) is 0 Å². The quantitative estimate of drug-likeness (QED) is 0.600. The van der Waals surface area contributed by atoms with Crippen molar-refractivity contribution in [2.24, 2.45) is 0 Å². The lowest BCUT2D eigenvalue weighted by Gasteiger charge is -2.05. The first-order valence-electron chi connectivity index (χ1n) is 2.72. The van der Waals surface area contributed by atoms with Crippen LogP contribution in [0.25, 0.3) is 0 Å². The van der Waals surface area contributed by atoms with Crippen molar-refractivity contribution in [3.63, 3.8) is 0 Å². The number of hydrogen-bond donors (Lipinski definition) is 1. The van der Waals surface area contributed by atoms with Gasteiger partial charge in [0.15, 0.2) is 0 Å². The molecule has 1 aromatic rings. The van der Waals surface area contributed by atoms with Crippen LogP contribution in [-0.2, 0) is 0 Å². The van der Waals surface area contributed by atoms with Gasteiger partial charge in [-0.3, -0.25) is 5.43 Å². The molecule has 0 radical (unpaired) electrons. The minimum atomic E-state index is 0. The Hall–Kier alpha value is -0.150. The van der Waals surface area contributed by atoms with Gasteiger partial charge in [-0.05, 0) is 16.2 Å². The second-order valence-electron chi connectivity index (χ2n) is 1.71. The number of rotatable bonds is 2. The number of hydrazine groups is 1. The molecule has 0 unspecified atom stereocenters. The molecule has 0 aliphatic rings. The molecule has 0 aliphatic heterocycles. The van der Waals surface area contributed by atoms with Crippen molar-refractivity contribution >= 4 is 41.6 Å². The van der Waals surface area contributed by atoms with Crippen molar-refractivity contribution in [1.82, 2.24) is 4.05 Å². The molecule has 1 aromatic carbocycles. The lowest BCUT2D eigenvalue weighted by molar-refractivity contribution is 0.866. The van der Waals surface area contributed by atoms with E-state index in [0.29, 0.717) is 0 Å². The molecule has 0 bridgehead atoms. The molecule has 0 saturated carbocycles. The molecule has 2 nitrogen and oxygen atoms in total. The molecule has 1 rings (SSSR count). The van der Waals surface area contributed by atoms with E-state index in [1.54, 1.807) is 0 Å². The van der Waals surface area contributed by atoms with Crippen molar-refractivity contribution < 1.29 is 0 Å². The molecular weight excluding hydrogens is 206 g/mol. The lowest BCUT2D eigenvalue weighted by atomic mass is 10.3. The van der Waals surface area contributed by atoms with E-state index in [9.17, 15) is 0 Å². The molecule has 0 aromatic heterocycles. The van der Waals surface area contributed by atoms with Crippen LogP contribution < -0.4 is 5.43 Å². The molecule has 5 heteroatoms. The summed E-state index contributed by atoms with van der Waals surface area (Å²) in [5.74, 6) is 0. The first kappa shape index (κ1) is 10.8. The monoisotopic (exact) mass is 212 g/mol. The molecule has 0 atom stereocenters. The van der Waals surface area contributed by atoms with Crippen molar-refractivity contribution in [3.05, 3.63) is 30.3 Å². The van der Waals surface area contributed by atoms with E-state index in [-0.39, 0.29) is 12.4 Å². The van der Waals surface area contributed by atoms with Gasteiger partial charge in [0.2, 0.25) is 0 Å². The summed E-state index contributed by atoms with van der Waals surface area (Å²) in [6.45, 7) is 0. The van der Waals surface area contributed by atoms with Gasteiger partial charge in [-0.25, -0.2) is 0 Å². The molecule has 0 aliphatic carbocycles. The van der Waals surface area contributed by atoms with E-state index >= 15 is 0 Å². The first-order valence-corrected chi connectivity index (χ1v) is 3.40. The average molecular weight is 213 g/mol. The SMILES string of the molecule is Cl.ClN(Cl)Nc1ccccc1. The van der Waals surface area contributed by atoms with Crippen LogP contribution in [0.4, 0.5) is 5.69 Å². The zero-order valence-electron chi connectivity index (χ0n) is 5.50. The van der Waals surface area contributed by atoms with Gasteiger partial charge in [0.1, 0.15) is 0 Å². The predicted octanol–water partition coefficient (Wildman–Crippen LogP) is 3.04. The molecule has 1 N–H and O–H groups in total. The highest BCUT2D eigenvalue weighted by Crippen LogP contribution is 2.08. The standard InChI is InChI=1S/C6H6Cl2N2.ClH/c7-10(8)9-6-4-2-1-3-5-6;/h1-5,9H;1H. The van der Waals surface area contributed by atoms with Gasteiger partial charge in [-0.2, -0.15) is 0 Å². The Morgan fingerprint density at radius 3 is 2.09 bits per heavy atom. The number of para-hydroxylation sites is 1. The van der Waals surface area contributed by atoms with Gasteiger partial charge in [-0.15, -0.1) is 12.4 Å². The Labute approximate surface area is 81.7 Å². The van der Waals surface area contributed by atoms with E-state index in [2.05, 4.69) is 5.43 Å². The van der Waals surface area contributed by atoms with E-state index in [4.69, 9.17) is 23.6 Å². The summed E-state index contributed by atoms with van der Waals surface area (Å²) in [6.07, 6.45) is 0. The number of anilines is 1. The second kappa shape index (κ2) is 5.49. The summed E-state index contributed by atoms with van der Waals surface area (Å²) in [4.78, 5) is 0. The van der Waals surface area contributed by atoms with Crippen LogP contribution in [0.2, 0.25) is 0 Å². The summed E-state index contributed by atoms with van der Waals surface area (Å²) in [5.41, 5.74) is 3.52. The van der Waals surface area contributed by atoms with Crippen molar-refractivity contribution in [3.8, 4) is 0 Å². The summed E-state index contributed by atoms with van der Waals surface area (Å²) in [5, 5.41) is 0. The van der Waals surface area contributed by atoms with E-state index in [1.165, 1.54) is 0 Å². The highest BCUT2D eigenvalue weighted by molar-refractivity contribution is 6.34. The number of nitrogens with one attached hydrogen (secondary N) is 1. The smallest absolute Gasteiger partial charge is 0.0515 e. The number of benzene rings is 1. The molecule has 0 heterocycles. The topological polar surface area (TPSA) is 15.3 Å². The van der Waals surface area contributed by atoms with Gasteiger partial charge >= 0.3 is 0 Å². The molecule has 0 amide bonds. The fourth-order valence-corrected chi connectivity index (χ4v) is 0.805. The second-order valence-corrected chi connectivity index (χ2v) is 2.56. The van der Waals surface area contributed by atoms with Crippen LogP contribution >= 0.6 is 36.0 Å². The van der Waals surface area contributed by atoms with Crippen LogP contribution in [-0.4, -0.2) is 4.05 Å². The van der Waals surface area contributed by atoms with E-state index in [0.717, 1.165) is 9.73 Å². The van der Waals surface area contributed by atoms with Gasteiger partial charge in [-0.1, -0.05) is 18.2 Å². The van der Waals surface area contributed by atoms with Gasteiger partial charge in [0, 0.05) is 23.6 Å². The predicted molar refractivity (Wildman–Crippen MR) is 50.9 cm³/mol. The normalized spacial score (nSPS) is 9.00. The Morgan fingerprint density at radius 1 is 1.09 bits per heavy atom. The zero-order chi connectivity index (χ0) is 7.40. The summed E-state index contributed by atoms with van der Waals surface area (Å²) >= 11 is 10.6. The summed E-state index contributed by atoms with van der Waals surface area (Å²) in [6, 6.07) is 9.41. The minimum absolute atomic E-state index is 0. The van der Waals surface area contributed by atoms with E-state index in [1.807, 2.05) is 30.3 Å². The lowest BCUT2D eigenvalue weighted by Crippen LogP contribution is -2.06. The fraction of sp³-hybridized carbons (Fsp3) is 0. The maximum Gasteiger partial charge on any atom is 0.0515 e. The molecule has 0 fully saturated rings. The largest absolute Gasteiger partial charge is 0.291 e. The van der Waals surface area contributed by atoms with Crippen molar-refractivity contribution in [2.75, 3.05) is 5.43 Å². The zero-order valence-corrected chi connectivity index (χ0v) is 7.83. The third kappa shape index (κ3) is 4.32. The number of halogens is 3. The van der Waals surface area contributed by atoms with Crippen LogP contribution in [0.1, 0.15) is 0 Å². The van der Waals surface area contributed by atoms with Crippen LogP contribution in [0, 0.1) is 0 Å². The van der Waals surface area contributed by atoms with Crippen molar-refractivity contribution in [2.45, 2.75) is 0 Å². The fourth-order valence-electron chi connectivity index (χ4n) is 0.610. The van der Waals surface area contributed by atoms with Crippen LogP contribution in [0.15, 0.2) is 30.3 Å². The maximum absolute atomic E-state index is 5.30. The highest BCUT2D eigenvalue weighted by atomic mass is 35.5. The van der Waals surface area contributed by atoms with Gasteiger partial charge in [0.25, 0.3) is 0 Å². The summed E-state index contributed by atoms with van der Waals surface area (Å²) < 4.78 is 0.856. The van der Waals surface area contributed by atoms with E-state index < -0.39 is 0 Å². The van der Waals surface area contributed by atoms with Gasteiger partial charge in [0.05, 0.1) is 5.69 Å². The third-order valence-corrected chi connectivity index (χ3v) is 1.16. The molecule has 11 heavy (non-hydrogen) atoms. The number of hydrogen-bond acceptors (Lipinski definition) is 2. The van der Waals surface area contributed by atoms with Gasteiger partial charge < -0.3 is 0 Å². The number of nitrogens with zero attached hydrogens (tertiary/aromatic N) is 1. The highest BCUT2D eigenvalue weighted by Gasteiger charge is 1.91.